The highest BCUT2D eigenvalue weighted by Crippen LogP contribution is 2.53. The van der Waals surface area contributed by atoms with Crippen molar-refractivity contribution in [3.05, 3.63) is 23.3 Å². The molecule has 1 saturated carbocycles. The van der Waals surface area contributed by atoms with Crippen LogP contribution in [-0.4, -0.2) is 32.9 Å². The number of hydrogen-bond donors (Lipinski definition) is 1. The zero-order chi connectivity index (χ0) is 15.1. The first-order chi connectivity index (χ1) is 9.19. The van der Waals surface area contributed by atoms with Crippen LogP contribution >= 0.6 is 0 Å². The van der Waals surface area contributed by atoms with E-state index in [9.17, 15) is 13.2 Å². The standard InChI is InChI=1S/C14H18O5S/c1-9-6-12(20(3,17)18)10(7-11(9)19-2)14(4-5-14)8-13(15)16/h6-7H,4-5,8H2,1-3H3,(H,15,16). The van der Waals surface area contributed by atoms with Crippen LogP contribution < -0.4 is 4.74 Å². The van der Waals surface area contributed by atoms with Gasteiger partial charge in [0.05, 0.1) is 18.4 Å². The SMILES string of the molecule is COc1cc(C2(CC(=O)O)CC2)c(S(C)(=O)=O)cc1C. The zero-order valence-corrected chi connectivity index (χ0v) is 12.6. The van der Waals surface area contributed by atoms with Gasteiger partial charge in [-0.25, -0.2) is 8.42 Å². The van der Waals surface area contributed by atoms with E-state index in [-0.39, 0.29) is 11.3 Å². The van der Waals surface area contributed by atoms with E-state index >= 15 is 0 Å². The molecule has 1 aromatic carbocycles. The Labute approximate surface area is 118 Å². The molecule has 0 atom stereocenters. The number of hydrogen-bond acceptors (Lipinski definition) is 4. The van der Waals surface area contributed by atoms with Gasteiger partial charge in [0.2, 0.25) is 0 Å². The molecular formula is C14H18O5S. The van der Waals surface area contributed by atoms with Gasteiger partial charge >= 0.3 is 5.97 Å². The summed E-state index contributed by atoms with van der Waals surface area (Å²) in [4.78, 5) is 11.2. The third kappa shape index (κ3) is 2.65. The van der Waals surface area contributed by atoms with Crippen molar-refractivity contribution in [3.63, 3.8) is 0 Å². The Hall–Kier alpha value is -1.56. The molecule has 0 aliphatic heterocycles. The number of carboxylic acids is 1. The number of carbonyl (C=O) groups is 1. The molecule has 6 heteroatoms. The second-order valence-corrected chi connectivity index (χ2v) is 7.43. The Morgan fingerprint density at radius 3 is 2.40 bits per heavy atom. The molecule has 0 spiro atoms. The fraction of sp³-hybridized carbons (Fsp3) is 0.500. The van der Waals surface area contributed by atoms with Crippen molar-refractivity contribution < 1.29 is 23.1 Å². The first-order valence-corrected chi connectivity index (χ1v) is 8.20. The smallest absolute Gasteiger partial charge is 0.304 e. The molecule has 0 aromatic heterocycles. The van der Waals surface area contributed by atoms with Crippen LogP contribution in [0.3, 0.4) is 0 Å². The van der Waals surface area contributed by atoms with Gasteiger partial charge in [-0.2, -0.15) is 0 Å². The minimum Gasteiger partial charge on any atom is -0.496 e. The molecule has 1 N–H and O–H groups in total. The number of rotatable bonds is 5. The van der Waals surface area contributed by atoms with Gasteiger partial charge in [-0.1, -0.05) is 0 Å². The summed E-state index contributed by atoms with van der Waals surface area (Å²) in [5.74, 6) is -0.328. The third-order valence-electron chi connectivity index (χ3n) is 3.81. The lowest BCUT2D eigenvalue weighted by Crippen LogP contribution is -2.17. The minimum atomic E-state index is -3.41. The molecule has 2 rings (SSSR count). The molecule has 0 amide bonds. The number of ether oxygens (including phenoxy) is 1. The maximum absolute atomic E-state index is 12.0. The van der Waals surface area contributed by atoms with Crippen LogP contribution in [0.25, 0.3) is 0 Å². The van der Waals surface area contributed by atoms with E-state index in [1.807, 2.05) is 0 Å². The van der Waals surface area contributed by atoms with E-state index in [1.54, 1.807) is 19.1 Å². The second kappa shape index (κ2) is 4.77. The molecule has 0 heterocycles. The van der Waals surface area contributed by atoms with E-state index in [0.29, 0.717) is 24.2 Å². The van der Waals surface area contributed by atoms with Gasteiger partial charge in [0, 0.05) is 11.7 Å². The topological polar surface area (TPSA) is 80.7 Å². The van der Waals surface area contributed by atoms with Gasteiger partial charge < -0.3 is 9.84 Å². The van der Waals surface area contributed by atoms with Crippen LogP contribution in [0.1, 0.15) is 30.4 Å². The van der Waals surface area contributed by atoms with Crippen molar-refractivity contribution in [2.45, 2.75) is 36.5 Å². The molecule has 0 unspecified atom stereocenters. The van der Waals surface area contributed by atoms with E-state index in [1.165, 1.54) is 7.11 Å². The van der Waals surface area contributed by atoms with Gasteiger partial charge in [-0.05, 0) is 43.0 Å². The van der Waals surface area contributed by atoms with Crippen LogP contribution in [0.4, 0.5) is 0 Å². The fourth-order valence-corrected chi connectivity index (χ4v) is 3.65. The molecule has 5 nitrogen and oxygen atoms in total. The summed E-state index contributed by atoms with van der Waals surface area (Å²) in [6.07, 6.45) is 2.47. The van der Waals surface area contributed by atoms with Gasteiger partial charge in [-0.3, -0.25) is 4.79 Å². The number of carboxylic acid groups (broad SMARTS) is 1. The van der Waals surface area contributed by atoms with Crippen LogP contribution in [0.15, 0.2) is 17.0 Å². The normalized spacial score (nSPS) is 16.8. The minimum absolute atomic E-state index is 0.0538. The van der Waals surface area contributed by atoms with Crippen molar-refractivity contribution >= 4 is 15.8 Å². The second-order valence-electron chi connectivity index (χ2n) is 5.44. The fourth-order valence-electron chi connectivity index (χ4n) is 2.58. The maximum atomic E-state index is 12.0. The van der Waals surface area contributed by atoms with Gasteiger partial charge in [0.1, 0.15) is 5.75 Å². The maximum Gasteiger partial charge on any atom is 0.304 e. The van der Waals surface area contributed by atoms with Crippen LogP contribution in [-0.2, 0) is 20.0 Å². The molecule has 1 aliphatic carbocycles. The predicted molar refractivity (Wildman–Crippen MR) is 74.0 cm³/mol. The highest BCUT2D eigenvalue weighted by atomic mass is 32.2. The van der Waals surface area contributed by atoms with E-state index < -0.39 is 21.2 Å². The lowest BCUT2D eigenvalue weighted by Gasteiger charge is -2.19. The summed E-state index contributed by atoms with van der Waals surface area (Å²) in [6, 6.07) is 3.26. The van der Waals surface area contributed by atoms with Crippen molar-refractivity contribution in [2.75, 3.05) is 13.4 Å². The lowest BCUT2D eigenvalue weighted by molar-refractivity contribution is -0.137. The number of aryl methyl sites for hydroxylation is 1. The quantitative estimate of drug-likeness (QED) is 0.898. The monoisotopic (exact) mass is 298 g/mol. The summed E-state index contributed by atoms with van der Waals surface area (Å²) in [5, 5.41) is 9.04. The van der Waals surface area contributed by atoms with E-state index in [2.05, 4.69) is 0 Å². The molecule has 110 valence electrons. The first-order valence-electron chi connectivity index (χ1n) is 6.30. The average Bonchev–Trinajstić information content (AvgIpc) is 3.07. The lowest BCUT2D eigenvalue weighted by atomic mass is 9.91. The number of benzene rings is 1. The molecule has 0 radical (unpaired) electrons. The number of methoxy groups -OCH3 is 1. The highest BCUT2D eigenvalue weighted by Gasteiger charge is 2.48. The summed E-state index contributed by atoms with van der Waals surface area (Å²) in [6.45, 7) is 1.77. The van der Waals surface area contributed by atoms with Crippen molar-refractivity contribution in [2.24, 2.45) is 0 Å². The van der Waals surface area contributed by atoms with E-state index in [4.69, 9.17) is 9.84 Å². The Kier molecular flexibility index (Phi) is 3.54. The Balaban J connectivity index is 2.64. The largest absolute Gasteiger partial charge is 0.496 e. The molecule has 0 bridgehead atoms. The molecule has 1 aliphatic rings. The summed E-state index contributed by atoms with van der Waals surface area (Å²) < 4.78 is 29.2. The van der Waals surface area contributed by atoms with E-state index in [0.717, 1.165) is 11.8 Å². The molecule has 0 saturated heterocycles. The van der Waals surface area contributed by atoms with Crippen LogP contribution in [0, 0.1) is 6.92 Å². The van der Waals surface area contributed by atoms with Gasteiger partial charge in [0.25, 0.3) is 0 Å². The first kappa shape index (κ1) is 14.8. The number of sulfone groups is 1. The van der Waals surface area contributed by atoms with Crippen molar-refractivity contribution in [3.8, 4) is 5.75 Å². The van der Waals surface area contributed by atoms with Gasteiger partial charge in [-0.15, -0.1) is 0 Å². The molecule has 1 fully saturated rings. The zero-order valence-electron chi connectivity index (χ0n) is 11.8. The molecule has 20 heavy (non-hydrogen) atoms. The summed E-state index contributed by atoms with van der Waals surface area (Å²) >= 11 is 0. The summed E-state index contributed by atoms with van der Waals surface area (Å²) in [5.41, 5.74) is 0.734. The summed E-state index contributed by atoms with van der Waals surface area (Å²) in [7, 11) is -1.89. The molecular weight excluding hydrogens is 280 g/mol. The third-order valence-corrected chi connectivity index (χ3v) is 4.95. The van der Waals surface area contributed by atoms with Crippen molar-refractivity contribution in [1.82, 2.24) is 0 Å². The number of aliphatic carboxylic acids is 1. The Morgan fingerprint density at radius 2 is 2.00 bits per heavy atom. The highest BCUT2D eigenvalue weighted by molar-refractivity contribution is 7.90. The predicted octanol–water partition coefficient (Wildman–Crippen LogP) is 1.91. The van der Waals surface area contributed by atoms with Gasteiger partial charge in [0.15, 0.2) is 9.84 Å². The average molecular weight is 298 g/mol. The molecule has 1 aromatic rings. The van der Waals surface area contributed by atoms with Crippen LogP contribution in [0.2, 0.25) is 0 Å². The Morgan fingerprint density at radius 1 is 1.40 bits per heavy atom. The Bertz CT molecular complexity index is 656. The van der Waals surface area contributed by atoms with Crippen LogP contribution in [0.5, 0.6) is 5.75 Å². The van der Waals surface area contributed by atoms with Crippen molar-refractivity contribution in [1.29, 1.82) is 0 Å².